The summed E-state index contributed by atoms with van der Waals surface area (Å²) in [4.78, 5) is 2.17. The first-order valence-electron chi connectivity index (χ1n) is 8.47. The van der Waals surface area contributed by atoms with Crippen molar-refractivity contribution in [1.82, 2.24) is 28.9 Å². The molecule has 0 atom stereocenters. The highest BCUT2D eigenvalue weighted by atomic mass is 32.1. The Morgan fingerprint density at radius 3 is 2.65 bits per heavy atom. The monoisotopic (exact) mass is 364 g/mol. The normalized spacial score (nSPS) is 11.5. The van der Waals surface area contributed by atoms with E-state index in [0.29, 0.717) is 11.4 Å². The molecule has 0 aliphatic carbocycles. The first-order valence-corrected chi connectivity index (χ1v) is 8.88. The summed E-state index contributed by atoms with van der Waals surface area (Å²) in [5.74, 6) is 0. The van der Waals surface area contributed by atoms with Crippen LogP contribution < -0.4 is 0 Å². The average Bonchev–Trinajstić information content (AvgIpc) is 3.21. The van der Waals surface area contributed by atoms with Crippen molar-refractivity contribution in [3.05, 3.63) is 83.0 Å². The van der Waals surface area contributed by atoms with E-state index in [1.54, 1.807) is 0 Å². The van der Waals surface area contributed by atoms with E-state index in [-0.39, 0.29) is 0 Å². The van der Waals surface area contributed by atoms with Gasteiger partial charge in [0.05, 0.1) is 19.4 Å². The number of nitrogens with zero attached hydrogens (tertiary/aromatic N) is 6. The highest BCUT2D eigenvalue weighted by Gasteiger charge is 2.08. The van der Waals surface area contributed by atoms with Crippen LogP contribution in [0.3, 0.4) is 0 Å². The minimum atomic E-state index is 0.629. The Bertz CT molecular complexity index is 1060. The topological polar surface area (TPSA) is 43.3 Å². The van der Waals surface area contributed by atoms with Gasteiger partial charge in [0.2, 0.25) is 4.77 Å². The summed E-state index contributed by atoms with van der Waals surface area (Å²) in [6, 6.07) is 16.2. The van der Waals surface area contributed by atoms with Gasteiger partial charge >= 0.3 is 0 Å². The van der Waals surface area contributed by atoms with Crippen molar-refractivity contribution in [3.8, 4) is 0 Å². The van der Waals surface area contributed by atoms with Crippen molar-refractivity contribution < 1.29 is 0 Å². The predicted molar refractivity (Wildman–Crippen MR) is 103 cm³/mol. The van der Waals surface area contributed by atoms with Crippen LogP contribution in [0.5, 0.6) is 0 Å². The Morgan fingerprint density at radius 2 is 1.85 bits per heavy atom. The molecule has 3 heterocycles. The Hall–Kier alpha value is -2.77. The Morgan fingerprint density at radius 1 is 1.04 bits per heavy atom. The van der Waals surface area contributed by atoms with Gasteiger partial charge in [-0.05, 0) is 37.0 Å². The van der Waals surface area contributed by atoms with Gasteiger partial charge in [0.25, 0.3) is 0 Å². The van der Waals surface area contributed by atoms with Crippen LogP contribution in [-0.2, 0) is 19.8 Å². The van der Waals surface area contributed by atoms with Crippen LogP contribution in [0, 0.1) is 4.77 Å². The Balaban J connectivity index is 1.42. The number of rotatable bonds is 6. The van der Waals surface area contributed by atoms with Gasteiger partial charge in [0, 0.05) is 24.5 Å². The van der Waals surface area contributed by atoms with Gasteiger partial charge in [-0.25, -0.2) is 4.68 Å². The lowest BCUT2D eigenvalue weighted by Gasteiger charge is -2.15. The van der Waals surface area contributed by atoms with Crippen LogP contribution in [0.25, 0.3) is 5.65 Å². The molecule has 6 nitrogen and oxygen atoms in total. The highest BCUT2D eigenvalue weighted by molar-refractivity contribution is 7.71. The number of fused-ring (bicyclic) bond motifs is 1. The molecule has 0 saturated carbocycles. The molecule has 0 fully saturated rings. The van der Waals surface area contributed by atoms with Gasteiger partial charge in [-0.2, -0.15) is 10.2 Å². The van der Waals surface area contributed by atoms with Crippen molar-refractivity contribution in [2.24, 2.45) is 0 Å². The third-order valence-corrected chi connectivity index (χ3v) is 4.60. The van der Waals surface area contributed by atoms with Crippen molar-refractivity contribution in [2.75, 3.05) is 7.05 Å². The second kappa shape index (κ2) is 7.23. The molecule has 0 radical (unpaired) electrons. The Labute approximate surface area is 156 Å². The van der Waals surface area contributed by atoms with Gasteiger partial charge in [0.1, 0.15) is 0 Å². The summed E-state index contributed by atoms with van der Waals surface area (Å²) >= 11 is 5.51. The molecule has 4 aromatic rings. The Kier molecular flexibility index (Phi) is 4.64. The molecule has 0 N–H and O–H groups in total. The maximum atomic E-state index is 5.51. The lowest BCUT2D eigenvalue weighted by atomic mass is 10.2. The third kappa shape index (κ3) is 3.58. The molecule has 0 amide bonds. The van der Waals surface area contributed by atoms with E-state index in [9.17, 15) is 0 Å². The van der Waals surface area contributed by atoms with E-state index in [4.69, 9.17) is 12.2 Å². The fourth-order valence-corrected chi connectivity index (χ4v) is 3.25. The van der Waals surface area contributed by atoms with E-state index in [1.807, 2.05) is 62.6 Å². The molecule has 26 heavy (non-hydrogen) atoms. The summed E-state index contributed by atoms with van der Waals surface area (Å²) < 4.78 is 6.43. The van der Waals surface area contributed by atoms with Gasteiger partial charge < -0.3 is 0 Å². The molecule has 0 bridgehead atoms. The van der Waals surface area contributed by atoms with Crippen LogP contribution in [-0.4, -0.2) is 35.9 Å². The molecule has 3 aromatic heterocycles. The largest absolute Gasteiger partial charge is 0.283 e. The zero-order chi connectivity index (χ0) is 17.9. The standard InChI is InChI=1S/C19H20N6S/c1-22(15-25-19(26)24-10-6-5-9-18(24)21-25)12-17-11-20-23(14-17)13-16-7-3-2-4-8-16/h2-11,14H,12-13,15H2,1H3. The van der Waals surface area contributed by atoms with Crippen LogP contribution in [0.15, 0.2) is 67.1 Å². The van der Waals surface area contributed by atoms with Crippen molar-refractivity contribution in [3.63, 3.8) is 0 Å². The minimum absolute atomic E-state index is 0.629. The lowest BCUT2D eigenvalue weighted by Crippen LogP contribution is -2.22. The van der Waals surface area contributed by atoms with Crippen molar-refractivity contribution in [2.45, 2.75) is 19.8 Å². The molecule has 0 aliphatic heterocycles. The number of hydrogen-bond donors (Lipinski definition) is 0. The lowest BCUT2D eigenvalue weighted by molar-refractivity contribution is 0.244. The second-order valence-corrected chi connectivity index (χ2v) is 6.76. The average molecular weight is 364 g/mol. The quantitative estimate of drug-likeness (QED) is 0.493. The first-order chi connectivity index (χ1) is 12.7. The van der Waals surface area contributed by atoms with Crippen molar-refractivity contribution >= 4 is 17.9 Å². The van der Waals surface area contributed by atoms with E-state index in [2.05, 4.69) is 40.5 Å². The molecule has 0 aliphatic rings. The molecule has 7 heteroatoms. The van der Waals surface area contributed by atoms with E-state index in [0.717, 1.165) is 18.7 Å². The second-order valence-electron chi connectivity index (χ2n) is 6.40. The number of benzene rings is 1. The summed E-state index contributed by atoms with van der Waals surface area (Å²) in [7, 11) is 2.06. The van der Waals surface area contributed by atoms with Gasteiger partial charge in [-0.3, -0.25) is 14.0 Å². The molecular weight excluding hydrogens is 344 g/mol. The maximum Gasteiger partial charge on any atom is 0.203 e. The number of pyridine rings is 1. The number of hydrogen-bond acceptors (Lipinski definition) is 4. The predicted octanol–water partition coefficient (Wildman–Crippen LogP) is 3.20. The summed E-state index contributed by atoms with van der Waals surface area (Å²) in [6.45, 7) is 2.19. The zero-order valence-electron chi connectivity index (χ0n) is 14.6. The zero-order valence-corrected chi connectivity index (χ0v) is 15.4. The molecule has 0 spiro atoms. The molecule has 0 saturated heterocycles. The summed E-state index contributed by atoms with van der Waals surface area (Å²) in [5, 5.41) is 9.03. The molecular formula is C19H20N6S. The fourth-order valence-electron chi connectivity index (χ4n) is 3.00. The van der Waals surface area contributed by atoms with E-state index in [1.165, 1.54) is 11.1 Å². The van der Waals surface area contributed by atoms with Crippen LogP contribution in [0.4, 0.5) is 0 Å². The molecule has 0 unspecified atom stereocenters. The SMILES string of the molecule is CN(Cc1cnn(Cc2ccccc2)c1)Cn1nc2ccccn2c1=S. The number of aromatic nitrogens is 5. The summed E-state index contributed by atoms with van der Waals surface area (Å²) in [6.07, 6.45) is 5.95. The van der Waals surface area contributed by atoms with E-state index < -0.39 is 0 Å². The van der Waals surface area contributed by atoms with E-state index >= 15 is 0 Å². The fraction of sp³-hybridized carbons (Fsp3) is 0.211. The minimum Gasteiger partial charge on any atom is -0.283 e. The van der Waals surface area contributed by atoms with Crippen LogP contribution in [0.2, 0.25) is 0 Å². The van der Waals surface area contributed by atoms with Gasteiger partial charge in [0.15, 0.2) is 5.65 Å². The highest BCUT2D eigenvalue weighted by Crippen LogP contribution is 2.08. The summed E-state index contributed by atoms with van der Waals surface area (Å²) in [5.41, 5.74) is 3.27. The van der Waals surface area contributed by atoms with Crippen molar-refractivity contribution in [1.29, 1.82) is 0 Å². The van der Waals surface area contributed by atoms with Crippen LogP contribution in [0.1, 0.15) is 11.1 Å². The van der Waals surface area contributed by atoms with Gasteiger partial charge in [-0.1, -0.05) is 36.4 Å². The smallest absolute Gasteiger partial charge is 0.203 e. The third-order valence-electron chi connectivity index (χ3n) is 4.19. The molecule has 1 aromatic carbocycles. The maximum absolute atomic E-state index is 5.51. The first kappa shape index (κ1) is 16.7. The van der Waals surface area contributed by atoms with Gasteiger partial charge in [-0.15, -0.1) is 0 Å². The molecule has 4 rings (SSSR count). The molecule has 132 valence electrons. The van der Waals surface area contributed by atoms with Crippen LogP contribution >= 0.6 is 12.2 Å².